The summed E-state index contributed by atoms with van der Waals surface area (Å²) >= 11 is 0. The van der Waals surface area contributed by atoms with Crippen LogP contribution in [0, 0.1) is 12.3 Å². The number of nitrogens with zero attached hydrogens (tertiary/aromatic N) is 1. The molecule has 2 aliphatic rings. The number of rotatable bonds is 3. The third-order valence-electron chi connectivity index (χ3n) is 5.95. The van der Waals surface area contributed by atoms with Crippen LogP contribution in [0.5, 0.6) is 0 Å². The van der Waals surface area contributed by atoms with Gasteiger partial charge in [0.05, 0.1) is 5.41 Å². The number of carbonyl (C=O) groups excluding carboxylic acids is 1. The molecule has 4 nitrogen and oxygen atoms in total. The van der Waals surface area contributed by atoms with Crippen LogP contribution in [-0.2, 0) is 15.0 Å². The third kappa shape index (κ3) is 2.77. The van der Waals surface area contributed by atoms with Gasteiger partial charge in [0.1, 0.15) is 0 Å². The molecule has 0 bridgehead atoms. The van der Waals surface area contributed by atoms with Gasteiger partial charge >= 0.3 is 12.1 Å². The number of halogens is 3. The summed E-state index contributed by atoms with van der Waals surface area (Å²) in [6.45, 7) is 0.919. The highest BCUT2D eigenvalue weighted by atomic mass is 19.4. The van der Waals surface area contributed by atoms with Crippen LogP contribution in [0.15, 0.2) is 24.3 Å². The SMILES string of the molecule is Cc1cccc(C2(C(=O)N3CCC(C(=O)O)(C(F)(F)F)C3)CCCC2)c1. The molecule has 1 saturated carbocycles. The first-order valence-electron chi connectivity index (χ1n) is 8.79. The molecule has 1 heterocycles. The highest BCUT2D eigenvalue weighted by Crippen LogP contribution is 2.49. The molecule has 26 heavy (non-hydrogen) atoms. The first kappa shape index (κ1) is 18.7. The second kappa shape index (κ2) is 6.28. The largest absolute Gasteiger partial charge is 0.481 e. The molecule has 1 aromatic carbocycles. The van der Waals surface area contributed by atoms with E-state index in [0.717, 1.165) is 28.9 Å². The van der Waals surface area contributed by atoms with Crippen LogP contribution >= 0.6 is 0 Å². The van der Waals surface area contributed by atoms with Gasteiger partial charge in [-0.05, 0) is 31.7 Å². The Labute approximate surface area is 150 Å². The number of amides is 1. The van der Waals surface area contributed by atoms with E-state index in [1.165, 1.54) is 0 Å². The number of carboxylic acids is 1. The number of hydrogen-bond donors (Lipinski definition) is 1. The Hall–Kier alpha value is -2.05. The quantitative estimate of drug-likeness (QED) is 0.884. The number of aryl methyl sites for hydroxylation is 1. The Balaban J connectivity index is 1.94. The first-order valence-corrected chi connectivity index (χ1v) is 8.79. The molecule has 1 aliphatic heterocycles. The lowest BCUT2D eigenvalue weighted by atomic mass is 9.77. The molecular formula is C19H22F3NO3. The molecule has 1 atom stereocenters. The Bertz CT molecular complexity index is 725. The Morgan fingerprint density at radius 2 is 1.81 bits per heavy atom. The van der Waals surface area contributed by atoms with E-state index in [9.17, 15) is 27.9 Å². The van der Waals surface area contributed by atoms with Gasteiger partial charge in [-0.3, -0.25) is 9.59 Å². The van der Waals surface area contributed by atoms with Gasteiger partial charge in [-0.25, -0.2) is 0 Å². The molecule has 1 amide bonds. The summed E-state index contributed by atoms with van der Waals surface area (Å²) in [5.74, 6) is -2.27. The summed E-state index contributed by atoms with van der Waals surface area (Å²) in [4.78, 5) is 25.8. The van der Waals surface area contributed by atoms with E-state index in [0.29, 0.717) is 12.8 Å². The van der Waals surface area contributed by atoms with Crippen molar-refractivity contribution in [3.8, 4) is 0 Å². The lowest BCUT2D eigenvalue weighted by Gasteiger charge is -2.34. The minimum Gasteiger partial charge on any atom is -0.481 e. The van der Waals surface area contributed by atoms with E-state index in [2.05, 4.69) is 0 Å². The summed E-state index contributed by atoms with van der Waals surface area (Å²) in [7, 11) is 0. The van der Waals surface area contributed by atoms with Crippen LogP contribution in [0.1, 0.15) is 43.2 Å². The van der Waals surface area contributed by atoms with Crippen LogP contribution in [0.4, 0.5) is 13.2 Å². The fourth-order valence-electron chi connectivity index (χ4n) is 4.36. The molecule has 1 aromatic rings. The van der Waals surface area contributed by atoms with Crippen molar-refractivity contribution in [2.24, 2.45) is 5.41 Å². The fourth-order valence-corrected chi connectivity index (χ4v) is 4.36. The normalized spacial score (nSPS) is 25.5. The van der Waals surface area contributed by atoms with Gasteiger partial charge in [0.15, 0.2) is 5.41 Å². The number of alkyl halides is 3. The molecule has 0 aromatic heterocycles. The monoisotopic (exact) mass is 369 g/mol. The number of benzene rings is 1. The average molecular weight is 369 g/mol. The van der Waals surface area contributed by atoms with E-state index in [1.807, 2.05) is 31.2 Å². The van der Waals surface area contributed by atoms with Crippen molar-refractivity contribution >= 4 is 11.9 Å². The van der Waals surface area contributed by atoms with E-state index in [1.54, 1.807) is 0 Å². The van der Waals surface area contributed by atoms with Crippen LogP contribution in [-0.4, -0.2) is 41.1 Å². The van der Waals surface area contributed by atoms with E-state index in [4.69, 9.17) is 0 Å². The molecule has 1 aliphatic carbocycles. The van der Waals surface area contributed by atoms with Gasteiger partial charge < -0.3 is 10.0 Å². The van der Waals surface area contributed by atoms with Gasteiger partial charge in [0.25, 0.3) is 0 Å². The van der Waals surface area contributed by atoms with Crippen LogP contribution < -0.4 is 0 Å². The van der Waals surface area contributed by atoms with Crippen molar-refractivity contribution in [2.45, 2.75) is 50.6 Å². The molecule has 0 spiro atoms. The maximum atomic E-state index is 13.4. The Morgan fingerprint density at radius 1 is 1.15 bits per heavy atom. The van der Waals surface area contributed by atoms with E-state index < -0.39 is 35.9 Å². The van der Waals surface area contributed by atoms with E-state index in [-0.39, 0.29) is 12.5 Å². The maximum absolute atomic E-state index is 13.4. The highest BCUT2D eigenvalue weighted by molar-refractivity contribution is 5.90. The molecule has 1 saturated heterocycles. The molecule has 1 unspecified atom stereocenters. The first-order chi connectivity index (χ1) is 12.1. The van der Waals surface area contributed by atoms with Gasteiger partial charge in [-0.2, -0.15) is 13.2 Å². The zero-order valence-electron chi connectivity index (χ0n) is 14.6. The summed E-state index contributed by atoms with van der Waals surface area (Å²) < 4.78 is 40.3. The van der Waals surface area contributed by atoms with Gasteiger partial charge in [-0.1, -0.05) is 42.7 Å². The predicted molar refractivity (Wildman–Crippen MR) is 88.6 cm³/mol. The number of carboxylic acid groups (broad SMARTS) is 1. The highest BCUT2D eigenvalue weighted by Gasteiger charge is 2.65. The zero-order valence-corrected chi connectivity index (χ0v) is 14.6. The Kier molecular flexibility index (Phi) is 4.53. The molecular weight excluding hydrogens is 347 g/mol. The molecule has 0 radical (unpaired) electrons. The van der Waals surface area contributed by atoms with Crippen molar-refractivity contribution in [1.29, 1.82) is 0 Å². The molecule has 7 heteroatoms. The molecule has 2 fully saturated rings. The van der Waals surface area contributed by atoms with Gasteiger partial charge in [0.2, 0.25) is 5.91 Å². The summed E-state index contributed by atoms with van der Waals surface area (Å²) in [6, 6.07) is 7.51. The standard InChI is InChI=1S/C19H22F3NO3/c1-13-5-4-6-14(11-13)17(7-2-3-8-17)15(24)23-10-9-18(12-23,16(25)26)19(20,21)22/h4-6,11H,2-3,7-10,12H2,1H3,(H,25,26). The second-order valence-corrected chi connectivity index (χ2v) is 7.52. The zero-order chi connectivity index (χ0) is 19.2. The fraction of sp³-hybridized carbons (Fsp3) is 0.579. The Morgan fingerprint density at radius 3 is 2.31 bits per heavy atom. The van der Waals surface area contributed by atoms with Crippen LogP contribution in [0.25, 0.3) is 0 Å². The van der Waals surface area contributed by atoms with Crippen molar-refractivity contribution in [2.75, 3.05) is 13.1 Å². The number of aliphatic carboxylic acids is 1. The minimum atomic E-state index is -4.89. The molecule has 142 valence electrons. The topological polar surface area (TPSA) is 57.6 Å². The average Bonchev–Trinajstić information content (AvgIpc) is 3.22. The number of hydrogen-bond acceptors (Lipinski definition) is 2. The molecule has 3 rings (SSSR count). The van der Waals surface area contributed by atoms with Gasteiger partial charge in [-0.15, -0.1) is 0 Å². The summed E-state index contributed by atoms with van der Waals surface area (Å²) in [6.07, 6.45) is -2.66. The predicted octanol–water partition coefficient (Wildman–Crippen LogP) is 3.67. The molecule has 1 N–H and O–H groups in total. The lowest BCUT2D eigenvalue weighted by Crippen LogP contribution is -2.50. The minimum absolute atomic E-state index is 0.182. The van der Waals surface area contributed by atoms with Crippen molar-refractivity contribution < 1.29 is 27.9 Å². The van der Waals surface area contributed by atoms with Crippen molar-refractivity contribution in [3.05, 3.63) is 35.4 Å². The third-order valence-corrected chi connectivity index (χ3v) is 5.95. The van der Waals surface area contributed by atoms with Gasteiger partial charge in [0, 0.05) is 13.1 Å². The number of likely N-dealkylation sites (tertiary alicyclic amines) is 1. The summed E-state index contributed by atoms with van der Waals surface area (Å²) in [5, 5.41) is 9.22. The van der Waals surface area contributed by atoms with Crippen molar-refractivity contribution in [3.63, 3.8) is 0 Å². The second-order valence-electron chi connectivity index (χ2n) is 7.52. The van der Waals surface area contributed by atoms with Crippen LogP contribution in [0.2, 0.25) is 0 Å². The number of carbonyl (C=O) groups is 2. The smallest absolute Gasteiger partial charge is 0.406 e. The maximum Gasteiger partial charge on any atom is 0.406 e. The van der Waals surface area contributed by atoms with Crippen molar-refractivity contribution in [1.82, 2.24) is 4.90 Å². The van der Waals surface area contributed by atoms with Crippen LogP contribution in [0.3, 0.4) is 0 Å². The lowest BCUT2D eigenvalue weighted by molar-refractivity contribution is -0.227. The summed E-state index contributed by atoms with van der Waals surface area (Å²) in [5.41, 5.74) is -1.90. The van der Waals surface area contributed by atoms with E-state index >= 15 is 0 Å².